The fourth-order valence-electron chi connectivity index (χ4n) is 1.64. The molecule has 20 heavy (non-hydrogen) atoms. The van der Waals surface area contributed by atoms with E-state index in [4.69, 9.17) is 27.9 Å². The number of anilines is 1. The molecule has 0 aromatic heterocycles. The first kappa shape index (κ1) is 14.7. The molecule has 0 aliphatic heterocycles. The molecule has 3 nitrogen and oxygen atoms in total. The van der Waals surface area contributed by atoms with Crippen molar-refractivity contribution in [3.63, 3.8) is 0 Å². The van der Waals surface area contributed by atoms with Crippen molar-refractivity contribution in [3.8, 4) is 5.75 Å². The predicted octanol–water partition coefficient (Wildman–Crippen LogP) is 4.32. The molecule has 0 unspecified atom stereocenters. The first-order chi connectivity index (χ1) is 9.56. The summed E-state index contributed by atoms with van der Waals surface area (Å²) < 4.78 is 5.36. The first-order valence-electron chi connectivity index (χ1n) is 5.99. The molecule has 2 aromatic rings. The number of nitrogens with one attached hydrogen (secondary N) is 1. The van der Waals surface area contributed by atoms with E-state index in [2.05, 4.69) is 5.32 Å². The van der Waals surface area contributed by atoms with Crippen LogP contribution in [0.3, 0.4) is 0 Å². The molecule has 0 fully saturated rings. The van der Waals surface area contributed by atoms with Crippen LogP contribution in [-0.2, 0) is 4.79 Å². The molecule has 0 saturated carbocycles. The number of benzene rings is 2. The lowest BCUT2D eigenvalue weighted by atomic mass is 10.2. The van der Waals surface area contributed by atoms with Gasteiger partial charge in [0, 0.05) is 10.7 Å². The summed E-state index contributed by atoms with van der Waals surface area (Å²) in [6, 6.07) is 12.4. The summed E-state index contributed by atoms with van der Waals surface area (Å²) in [6.45, 7) is 1.81. The number of para-hydroxylation sites is 1. The molecule has 104 valence electrons. The highest BCUT2D eigenvalue weighted by molar-refractivity contribution is 6.35. The van der Waals surface area contributed by atoms with Crippen LogP contribution in [0.1, 0.15) is 5.56 Å². The molecule has 0 spiro atoms. The molecule has 0 heterocycles. The lowest BCUT2D eigenvalue weighted by molar-refractivity contribution is -0.118. The predicted molar refractivity (Wildman–Crippen MR) is 81.8 cm³/mol. The highest BCUT2D eigenvalue weighted by atomic mass is 35.5. The van der Waals surface area contributed by atoms with Crippen molar-refractivity contribution in [1.82, 2.24) is 0 Å². The van der Waals surface area contributed by atoms with Gasteiger partial charge in [-0.2, -0.15) is 0 Å². The standard InChI is InChI=1S/C15H13Cl2NO2/c1-10-4-2-3-5-13(10)18-15(19)9-20-14-7-6-11(16)8-12(14)17/h2-8H,9H2,1H3,(H,18,19). The molecule has 0 aliphatic rings. The molecule has 0 atom stereocenters. The zero-order valence-electron chi connectivity index (χ0n) is 10.8. The maximum Gasteiger partial charge on any atom is 0.262 e. The number of hydrogen-bond donors (Lipinski definition) is 1. The number of carbonyl (C=O) groups is 1. The van der Waals surface area contributed by atoms with E-state index in [1.54, 1.807) is 18.2 Å². The second kappa shape index (κ2) is 6.64. The normalized spacial score (nSPS) is 10.2. The van der Waals surface area contributed by atoms with Crippen LogP contribution in [0.15, 0.2) is 42.5 Å². The molecule has 1 N–H and O–H groups in total. The van der Waals surface area contributed by atoms with Crippen LogP contribution < -0.4 is 10.1 Å². The average molecular weight is 310 g/mol. The van der Waals surface area contributed by atoms with Crippen LogP contribution in [0.25, 0.3) is 0 Å². The molecular formula is C15H13Cl2NO2. The van der Waals surface area contributed by atoms with Crippen molar-refractivity contribution in [1.29, 1.82) is 0 Å². The third-order valence-corrected chi connectivity index (χ3v) is 3.20. The minimum atomic E-state index is -0.245. The smallest absolute Gasteiger partial charge is 0.262 e. The lowest BCUT2D eigenvalue weighted by Gasteiger charge is -2.10. The van der Waals surface area contributed by atoms with E-state index < -0.39 is 0 Å². The number of amides is 1. The van der Waals surface area contributed by atoms with Crippen LogP contribution in [0.2, 0.25) is 10.0 Å². The molecular weight excluding hydrogens is 297 g/mol. The second-order valence-corrected chi connectivity index (χ2v) is 5.07. The van der Waals surface area contributed by atoms with Crippen molar-refractivity contribution in [3.05, 3.63) is 58.1 Å². The van der Waals surface area contributed by atoms with Gasteiger partial charge < -0.3 is 10.1 Å². The van der Waals surface area contributed by atoms with Crippen molar-refractivity contribution in [2.24, 2.45) is 0 Å². The van der Waals surface area contributed by atoms with E-state index in [0.717, 1.165) is 11.3 Å². The van der Waals surface area contributed by atoms with E-state index in [9.17, 15) is 4.79 Å². The van der Waals surface area contributed by atoms with Gasteiger partial charge in [-0.25, -0.2) is 0 Å². The van der Waals surface area contributed by atoms with E-state index in [0.29, 0.717) is 15.8 Å². The third kappa shape index (κ3) is 3.89. The highest BCUT2D eigenvalue weighted by Gasteiger charge is 2.07. The van der Waals surface area contributed by atoms with Crippen molar-refractivity contribution in [2.45, 2.75) is 6.92 Å². The Bertz CT molecular complexity index is 629. The summed E-state index contributed by atoms with van der Waals surface area (Å²) in [5.74, 6) is 0.182. The lowest BCUT2D eigenvalue weighted by Crippen LogP contribution is -2.20. The van der Waals surface area contributed by atoms with Gasteiger partial charge in [-0.1, -0.05) is 41.4 Å². The van der Waals surface area contributed by atoms with Crippen LogP contribution in [0, 0.1) is 6.92 Å². The number of halogens is 2. The number of aryl methyl sites for hydroxylation is 1. The monoisotopic (exact) mass is 309 g/mol. The summed E-state index contributed by atoms with van der Waals surface area (Å²) in [7, 11) is 0. The number of hydrogen-bond acceptors (Lipinski definition) is 2. The van der Waals surface area contributed by atoms with Gasteiger partial charge in [-0.15, -0.1) is 0 Å². The van der Waals surface area contributed by atoms with Crippen molar-refractivity contribution < 1.29 is 9.53 Å². The van der Waals surface area contributed by atoms with Gasteiger partial charge in [-0.05, 0) is 36.8 Å². The Hall–Kier alpha value is -1.71. The Labute approximate surface area is 127 Å². The number of ether oxygens (including phenoxy) is 1. The molecule has 5 heteroatoms. The first-order valence-corrected chi connectivity index (χ1v) is 6.75. The largest absolute Gasteiger partial charge is 0.482 e. The molecule has 0 radical (unpaired) electrons. The fourth-order valence-corrected chi connectivity index (χ4v) is 2.10. The molecule has 0 bridgehead atoms. The Balaban J connectivity index is 1.94. The summed E-state index contributed by atoms with van der Waals surface area (Å²) in [5.41, 5.74) is 1.76. The molecule has 1 amide bonds. The molecule has 2 aromatic carbocycles. The van der Waals surface area contributed by atoms with E-state index >= 15 is 0 Å². The second-order valence-electron chi connectivity index (χ2n) is 4.23. The zero-order chi connectivity index (χ0) is 14.5. The minimum Gasteiger partial charge on any atom is -0.482 e. The SMILES string of the molecule is Cc1ccccc1NC(=O)COc1ccc(Cl)cc1Cl. The number of rotatable bonds is 4. The third-order valence-electron chi connectivity index (χ3n) is 2.67. The summed E-state index contributed by atoms with van der Waals surface area (Å²) >= 11 is 11.7. The van der Waals surface area contributed by atoms with E-state index in [1.807, 2.05) is 31.2 Å². The topological polar surface area (TPSA) is 38.3 Å². The maximum absolute atomic E-state index is 11.8. The van der Waals surface area contributed by atoms with Gasteiger partial charge in [0.05, 0.1) is 5.02 Å². The van der Waals surface area contributed by atoms with Crippen LogP contribution >= 0.6 is 23.2 Å². The van der Waals surface area contributed by atoms with E-state index in [-0.39, 0.29) is 12.5 Å². The van der Waals surface area contributed by atoms with Gasteiger partial charge in [0.1, 0.15) is 5.75 Å². The minimum absolute atomic E-state index is 0.115. The maximum atomic E-state index is 11.8. The summed E-state index contributed by atoms with van der Waals surface area (Å²) in [6.07, 6.45) is 0. The van der Waals surface area contributed by atoms with Gasteiger partial charge in [0.2, 0.25) is 0 Å². The number of carbonyl (C=O) groups excluding carboxylic acids is 1. The van der Waals surface area contributed by atoms with Gasteiger partial charge in [0.15, 0.2) is 6.61 Å². The zero-order valence-corrected chi connectivity index (χ0v) is 12.3. The quantitative estimate of drug-likeness (QED) is 0.913. The Morgan fingerprint density at radius 1 is 1.20 bits per heavy atom. The van der Waals surface area contributed by atoms with Gasteiger partial charge in [0.25, 0.3) is 5.91 Å². The summed E-state index contributed by atoms with van der Waals surface area (Å²) in [4.78, 5) is 11.8. The highest BCUT2D eigenvalue weighted by Crippen LogP contribution is 2.27. The summed E-state index contributed by atoms with van der Waals surface area (Å²) in [5, 5.41) is 3.67. The average Bonchev–Trinajstić information content (AvgIpc) is 2.40. The van der Waals surface area contributed by atoms with Gasteiger partial charge >= 0.3 is 0 Å². The molecule has 2 rings (SSSR count). The fraction of sp³-hybridized carbons (Fsp3) is 0.133. The van der Waals surface area contributed by atoms with E-state index in [1.165, 1.54) is 0 Å². The Morgan fingerprint density at radius 3 is 2.65 bits per heavy atom. The Kier molecular flexibility index (Phi) is 4.88. The van der Waals surface area contributed by atoms with Crippen LogP contribution in [0.5, 0.6) is 5.75 Å². The molecule has 0 saturated heterocycles. The van der Waals surface area contributed by atoms with Crippen molar-refractivity contribution >= 4 is 34.8 Å². The van der Waals surface area contributed by atoms with Crippen molar-refractivity contribution in [2.75, 3.05) is 11.9 Å². The van der Waals surface area contributed by atoms with Gasteiger partial charge in [-0.3, -0.25) is 4.79 Å². The molecule has 0 aliphatic carbocycles. The Morgan fingerprint density at radius 2 is 1.95 bits per heavy atom. The van der Waals surface area contributed by atoms with Crippen LogP contribution in [-0.4, -0.2) is 12.5 Å². The van der Waals surface area contributed by atoms with Crippen LogP contribution in [0.4, 0.5) is 5.69 Å².